The standard InChI is InChI=1S/C18H15ClN4O4/c1-11-9-12(7-8-13(11)19)27-18-16(23(24)25)17(20-10-21-18)22-14-5-3-4-6-15(14)26-2/h3-10H,1-2H3,(H,20,21,22). The molecule has 0 saturated heterocycles. The number of anilines is 2. The van der Waals surface area contributed by atoms with Gasteiger partial charge < -0.3 is 14.8 Å². The van der Waals surface area contributed by atoms with Crippen molar-refractivity contribution < 1.29 is 14.4 Å². The zero-order valence-electron chi connectivity index (χ0n) is 14.5. The van der Waals surface area contributed by atoms with Gasteiger partial charge in [-0.05, 0) is 42.8 Å². The van der Waals surface area contributed by atoms with Crippen molar-refractivity contribution in [1.82, 2.24) is 9.97 Å². The maximum absolute atomic E-state index is 11.7. The van der Waals surface area contributed by atoms with E-state index in [1.807, 2.05) is 0 Å². The molecule has 0 aliphatic rings. The number of nitrogens with zero attached hydrogens (tertiary/aromatic N) is 3. The van der Waals surface area contributed by atoms with Crippen molar-refractivity contribution in [3.05, 3.63) is 69.5 Å². The van der Waals surface area contributed by atoms with Crippen molar-refractivity contribution in [3.8, 4) is 17.4 Å². The molecule has 138 valence electrons. The van der Waals surface area contributed by atoms with Gasteiger partial charge in [-0.2, -0.15) is 4.98 Å². The summed E-state index contributed by atoms with van der Waals surface area (Å²) in [5, 5.41) is 15.1. The fourth-order valence-corrected chi connectivity index (χ4v) is 2.48. The second kappa shape index (κ2) is 7.88. The van der Waals surface area contributed by atoms with E-state index < -0.39 is 10.6 Å². The molecule has 0 fully saturated rings. The summed E-state index contributed by atoms with van der Waals surface area (Å²) in [5.41, 5.74) is 0.907. The molecule has 0 unspecified atom stereocenters. The van der Waals surface area contributed by atoms with Crippen LogP contribution >= 0.6 is 11.6 Å². The zero-order chi connectivity index (χ0) is 19.4. The molecular formula is C18H15ClN4O4. The molecule has 0 bridgehead atoms. The lowest BCUT2D eigenvalue weighted by Crippen LogP contribution is -2.04. The second-order valence-electron chi connectivity index (χ2n) is 5.47. The van der Waals surface area contributed by atoms with Gasteiger partial charge in [0, 0.05) is 5.02 Å². The predicted molar refractivity (Wildman–Crippen MR) is 101 cm³/mol. The molecule has 0 spiro atoms. The molecule has 1 heterocycles. The first-order valence-electron chi connectivity index (χ1n) is 7.83. The van der Waals surface area contributed by atoms with E-state index >= 15 is 0 Å². The molecule has 8 nitrogen and oxygen atoms in total. The lowest BCUT2D eigenvalue weighted by Gasteiger charge is -2.12. The number of nitro groups is 1. The number of aromatic nitrogens is 2. The highest BCUT2D eigenvalue weighted by atomic mass is 35.5. The molecule has 27 heavy (non-hydrogen) atoms. The Bertz CT molecular complexity index is 997. The highest BCUT2D eigenvalue weighted by molar-refractivity contribution is 6.31. The van der Waals surface area contributed by atoms with Gasteiger partial charge in [-0.15, -0.1) is 0 Å². The van der Waals surface area contributed by atoms with Crippen LogP contribution in [0.1, 0.15) is 5.56 Å². The van der Waals surface area contributed by atoms with Gasteiger partial charge in [-0.3, -0.25) is 10.1 Å². The summed E-state index contributed by atoms with van der Waals surface area (Å²) in [4.78, 5) is 18.9. The SMILES string of the molecule is COc1ccccc1Nc1ncnc(Oc2ccc(Cl)c(C)c2)c1[N+](=O)[O-]. The number of rotatable bonds is 6. The maximum atomic E-state index is 11.7. The Hall–Kier alpha value is -3.39. The Balaban J connectivity index is 1.99. The van der Waals surface area contributed by atoms with Gasteiger partial charge in [0.1, 0.15) is 17.8 Å². The van der Waals surface area contributed by atoms with Crippen molar-refractivity contribution in [1.29, 1.82) is 0 Å². The number of hydrogen-bond donors (Lipinski definition) is 1. The number of nitrogens with one attached hydrogen (secondary N) is 1. The van der Waals surface area contributed by atoms with Crippen LogP contribution < -0.4 is 14.8 Å². The van der Waals surface area contributed by atoms with E-state index in [2.05, 4.69) is 15.3 Å². The summed E-state index contributed by atoms with van der Waals surface area (Å²) in [6, 6.07) is 11.9. The van der Waals surface area contributed by atoms with Crippen LogP contribution in [0.3, 0.4) is 0 Å². The molecule has 0 atom stereocenters. The first-order chi connectivity index (χ1) is 13.0. The number of ether oxygens (including phenoxy) is 2. The van der Waals surface area contributed by atoms with Crippen LogP contribution in [0.2, 0.25) is 5.02 Å². The summed E-state index contributed by atoms with van der Waals surface area (Å²) in [5.74, 6) is 0.692. The van der Waals surface area contributed by atoms with Crippen molar-refractivity contribution in [2.75, 3.05) is 12.4 Å². The van der Waals surface area contributed by atoms with Gasteiger partial charge in [-0.25, -0.2) is 4.98 Å². The minimum absolute atomic E-state index is 0.0137. The van der Waals surface area contributed by atoms with Crippen LogP contribution in [0.25, 0.3) is 0 Å². The molecule has 0 aliphatic carbocycles. The third-order valence-corrected chi connectivity index (χ3v) is 4.10. The lowest BCUT2D eigenvalue weighted by molar-refractivity contribution is -0.385. The van der Waals surface area contributed by atoms with Crippen LogP contribution in [0.15, 0.2) is 48.8 Å². The normalized spacial score (nSPS) is 10.3. The monoisotopic (exact) mass is 386 g/mol. The average Bonchev–Trinajstić information content (AvgIpc) is 2.65. The van der Waals surface area contributed by atoms with Gasteiger partial charge in [0.2, 0.25) is 5.82 Å². The first kappa shape index (κ1) is 18.4. The Morgan fingerprint density at radius 1 is 1.19 bits per heavy atom. The third kappa shape index (κ3) is 4.06. The Labute approximate surface area is 159 Å². The molecule has 3 aromatic rings. The van der Waals surface area contributed by atoms with E-state index in [1.165, 1.54) is 13.4 Å². The van der Waals surface area contributed by atoms with Gasteiger partial charge in [-0.1, -0.05) is 23.7 Å². The fourth-order valence-electron chi connectivity index (χ4n) is 2.36. The van der Waals surface area contributed by atoms with E-state index in [4.69, 9.17) is 21.1 Å². The first-order valence-corrected chi connectivity index (χ1v) is 8.21. The van der Waals surface area contributed by atoms with E-state index in [0.29, 0.717) is 22.2 Å². The number of halogens is 1. The molecular weight excluding hydrogens is 372 g/mol. The van der Waals surface area contributed by atoms with Gasteiger partial charge in [0.15, 0.2) is 0 Å². The molecule has 1 aromatic heterocycles. The van der Waals surface area contributed by atoms with E-state index in [0.717, 1.165) is 5.56 Å². The van der Waals surface area contributed by atoms with Crippen LogP contribution in [-0.4, -0.2) is 22.0 Å². The lowest BCUT2D eigenvalue weighted by atomic mass is 10.2. The summed E-state index contributed by atoms with van der Waals surface area (Å²) in [6.45, 7) is 1.80. The van der Waals surface area contributed by atoms with Crippen LogP contribution in [0, 0.1) is 17.0 Å². The largest absolute Gasteiger partial charge is 0.495 e. The van der Waals surface area contributed by atoms with E-state index in [-0.39, 0.29) is 11.7 Å². The summed E-state index contributed by atoms with van der Waals surface area (Å²) in [6.07, 6.45) is 1.18. The minimum Gasteiger partial charge on any atom is -0.495 e. The van der Waals surface area contributed by atoms with Gasteiger partial charge in [0.05, 0.1) is 17.7 Å². The second-order valence-corrected chi connectivity index (χ2v) is 5.88. The Morgan fingerprint density at radius 2 is 1.96 bits per heavy atom. The van der Waals surface area contributed by atoms with E-state index in [1.54, 1.807) is 49.4 Å². The molecule has 3 rings (SSSR count). The molecule has 0 amide bonds. The average molecular weight is 387 g/mol. The van der Waals surface area contributed by atoms with Crippen molar-refractivity contribution in [2.45, 2.75) is 6.92 Å². The van der Waals surface area contributed by atoms with Crippen LogP contribution in [-0.2, 0) is 0 Å². The maximum Gasteiger partial charge on any atom is 0.373 e. The van der Waals surface area contributed by atoms with Gasteiger partial charge >= 0.3 is 11.6 Å². The zero-order valence-corrected chi connectivity index (χ0v) is 15.2. The Morgan fingerprint density at radius 3 is 2.67 bits per heavy atom. The molecule has 0 saturated carbocycles. The van der Waals surface area contributed by atoms with E-state index in [9.17, 15) is 10.1 Å². The number of aryl methyl sites for hydroxylation is 1. The summed E-state index contributed by atoms with van der Waals surface area (Å²) < 4.78 is 10.9. The van der Waals surface area contributed by atoms with Crippen molar-refractivity contribution >= 4 is 28.8 Å². The van der Waals surface area contributed by atoms with Crippen molar-refractivity contribution in [3.63, 3.8) is 0 Å². The predicted octanol–water partition coefficient (Wildman–Crippen LogP) is 4.89. The van der Waals surface area contributed by atoms with Crippen molar-refractivity contribution in [2.24, 2.45) is 0 Å². The minimum atomic E-state index is -0.601. The fraction of sp³-hybridized carbons (Fsp3) is 0.111. The molecule has 9 heteroatoms. The molecule has 2 aromatic carbocycles. The van der Waals surface area contributed by atoms with Crippen LogP contribution in [0.4, 0.5) is 17.2 Å². The number of methoxy groups -OCH3 is 1. The molecule has 0 aliphatic heterocycles. The summed E-state index contributed by atoms with van der Waals surface area (Å²) >= 11 is 6.00. The quantitative estimate of drug-likeness (QED) is 0.475. The molecule has 0 radical (unpaired) electrons. The van der Waals surface area contributed by atoms with Gasteiger partial charge in [0.25, 0.3) is 0 Å². The molecule has 1 N–H and O–H groups in total. The Kier molecular flexibility index (Phi) is 5.37. The number of benzene rings is 2. The number of para-hydroxylation sites is 2. The number of hydrogen-bond acceptors (Lipinski definition) is 7. The third-order valence-electron chi connectivity index (χ3n) is 3.68. The van der Waals surface area contributed by atoms with Crippen LogP contribution in [0.5, 0.6) is 17.4 Å². The smallest absolute Gasteiger partial charge is 0.373 e. The highest BCUT2D eigenvalue weighted by Gasteiger charge is 2.26. The topological polar surface area (TPSA) is 99.4 Å². The summed E-state index contributed by atoms with van der Waals surface area (Å²) in [7, 11) is 1.51. The highest BCUT2D eigenvalue weighted by Crippen LogP contribution is 2.37.